The first-order valence-electron chi connectivity index (χ1n) is 10.8. The van der Waals surface area contributed by atoms with Crippen LogP contribution in [-0.4, -0.2) is 15.3 Å². The van der Waals surface area contributed by atoms with Crippen molar-refractivity contribution < 1.29 is 4.79 Å². The molecule has 3 nitrogen and oxygen atoms in total. The lowest BCUT2D eigenvalue weighted by molar-refractivity contribution is 0.103. The van der Waals surface area contributed by atoms with Crippen LogP contribution in [0.5, 0.6) is 0 Å². The molecule has 0 unspecified atom stereocenters. The predicted molar refractivity (Wildman–Crippen MR) is 127 cm³/mol. The largest absolute Gasteiger partial charge is 0.290 e. The summed E-state index contributed by atoms with van der Waals surface area (Å²) in [7, 11) is 0. The topological polar surface area (TPSA) is 34.9 Å². The third-order valence-corrected chi connectivity index (χ3v) is 5.51. The number of ketones is 1. The molecule has 0 fully saturated rings. The van der Waals surface area contributed by atoms with Gasteiger partial charge in [-0.05, 0) is 41.2 Å². The molecule has 3 heteroatoms. The number of hydrogen-bond acceptors (Lipinski definition) is 2. The summed E-state index contributed by atoms with van der Waals surface area (Å²) in [6.07, 6.45) is 0.837. The highest BCUT2D eigenvalue weighted by atomic mass is 16.1. The van der Waals surface area contributed by atoms with Crippen molar-refractivity contribution in [1.82, 2.24) is 9.55 Å². The molecule has 0 saturated carbocycles. The van der Waals surface area contributed by atoms with E-state index < -0.39 is 0 Å². The van der Waals surface area contributed by atoms with E-state index in [0.717, 1.165) is 34.8 Å². The SMILES string of the molecule is CCc1cccc(-n2c(-c3ccccc3)cc(C(C)(C)C)c2C(=O)c2ccccc2)n1. The highest BCUT2D eigenvalue weighted by molar-refractivity contribution is 6.10. The average Bonchev–Trinajstić information content (AvgIpc) is 3.21. The number of carbonyl (C=O) groups is 1. The van der Waals surface area contributed by atoms with Gasteiger partial charge in [0.15, 0.2) is 0 Å². The Morgan fingerprint density at radius 3 is 2.13 bits per heavy atom. The zero-order valence-electron chi connectivity index (χ0n) is 18.6. The third kappa shape index (κ3) is 4.09. The molecule has 0 radical (unpaired) electrons. The summed E-state index contributed by atoms with van der Waals surface area (Å²) in [6, 6.07) is 27.9. The quantitative estimate of drug-likeness (QED) is 0.347. The third-order valence-electron chi connectivity index (χ3n) is 5.51. The zero-order chi connectivity index (χ0) is 22.0. The van der Waals surface area contributed by atoms with Crippen LogP contribution in [0.25, 0.3) is 17.1 Å². The van der Waals surface area contributed by atoms with Gasteiger partial charge in [-0.1, -0.05) is 94.4 Å². The maximum atomic E-state index is 13.9. The second-order valence-corrected chi connectivity index (χ2v) is 8.78. The van der Waals surface area contributed by atoms with Gasteiger partial charge >= 0.3 is 0 Å². The number of nitrogens with zero attached hydrogens (tertiary/aromatic N) is 2. The molecule has 0 saturated heterocycles. The first-order chi connectivity index (χ1) is 14.9. The second kappa shape index (κ2) is 8.35. The van der Waals surface area contributed by atoms with Crippen molar-refractivity contribution in [3.63, 3.8) is 0 Å². The second-order valence-electron chi connectivity index (χ2n) is 8.78. The number of benzene rings is 2. The fourth-order valence-electron chi connectivity index (χ4n) is 3.88. The molecule has 2 heterocycles. The van der Waals surface area contributed by atoms with Crippen LogP contribution in [-0.2, 0) is 11.8 Å². The summed E-state index contributed by atoms with van der Waals surface area (Å²) in [5.74, 6) is 0.782. The highest BCUT2D eigenvalue weighted by Crippen LogP contribution is 2.36. The van der Waals surface area contributed by atoms with E-state index >= 15 is 0 Å². The Morgan fingerprint density at radius 1 is 0.871 bits per heavy atom. The number of hydrogen-bond donors (Lipinski definition) is 0. The van der Waals surface area contributed by atoms with Crippen LogP contribution in [0.4, 0.5) is 0 Å². The molecule has 0 atom stereocenters. The molecule has 156 valence electrons. The minimum atomic E-state index is -0.211. The lowest BCUT2D eigenvalue weighted by atomic mass is 9.85. The van der Waals surface area contributed by atoms with Crippen molar-refractivity contribution >= 4 is 5.78 Å². The molecule has 0 spiro atoms. The molecule has 4 aromatic rings. The summed E-state index contributed by atoms with van der Waals surface area (Å²) >= 11 is 0. The summed E-state index contributed by atoms with van der Waals surface area (Å²) in [4.78, 5) is 18.7. The first kappa shape index (κ1) is 20.8. The first-order valence-corrected chi connectivity index (χ1v) is 10.8. The molecule has 0 N–H and O–H groups in total. The van der Waals surface area contributed by atoms with Crippen molar-refractivity contribution in [3.8, 4) is 17.1 Å². The summed E-state index contributed by atoms with van der Waals surface area (Å²) in [6.45, 7) is 8.55. The molecule has 31 heavy (non-hydrogen) atoms. The van der Waals surface area contributed by atoms with E-state index in [1.807, 2.05) is 71.3 Å². The predicted octanol–water partition coefficient (Wildman–Crippen LogP) is 6.63. The van der Waals surface area contributed by atoms with Gasteiger partial charge in [-0.3, -0.25) is 9.36 Å². The summed E-state index contributed by atoms with van der Waals surface area (Å²) in [5, 5.41) is 0. The average molecular weight is 409 g/mol. The van der Waals surface area contributed by atoms with Crippen LogP contribution < -0.4 is 0 Å². The van der Waals surface area contributed by atoms with Crippen LogP contribution >= 0.6 is 0 Å². The van der Waals surface area contributed by atoms with E-state index in [4.69, 9.17) is 4.98 Å². The van der Waals surface area contributed by atoms with Gasteiger partial charge in [0, 0.05) is 11.3 Å². The van der Waals surface area contributed by atoms with Gasteiger partial charge in [0.25, 0.3) is 0 Å². The highest BCUT2D eigenvalue weighted by Gasteiger charge is 2.30. The Morgan fingerprint density at radius 2 is 1.52 bits per heavy atom. The van der Waals surface area contributed by atoms with Gasteiger partial charge in [0.1, 0.15) is 5.82 Å². The van der Waals surface area contributed by atoms with Crippen LogP contribution in [0.1, 0.15) is 55.0 Å². The van der Waals surface area contributed by atoms with Gasteiger partial charge < -0.3 is 0 Å². The van der Waals surface area contributed by atoms with Crippen LogP contribution in [0.15, 0.2) is 84.9 Å². The number of carbonyl (C=O) groups excluding carboxylic acids is 1. The van der Waals surface area contributed by atoms with Gasteiger partial charge in [0.2, 0.25) is 5.78 Å². The van der Waals surface area contributed by atoms with E-state index in [-0.39, 0.29) is 11.2 Å². The normalized spacial score (nSPS) is 11.5. The zero-order valence-corrected chi connectivity index (χ0v) is 18.6. The van der Waals surface area contributed by atoms with E-state index in [1.54, 1.807) is 0 Å². The fraction of sp³-hybridized carbons (Fsp3) is 0.214. The molecular formula is C28H28N2O. The number of rotatable bonds is 5. The minimum absolute atomic E-state index is 0.0106. The number of aromatic nitrogens is 2. The standard InChI is InChI=1S/C28H28N2O/c1-5-22-17-12-18-25(29-22)30-24(20-13-8-6-9-14-20)19-23(28(2,3)4)26(30)27(31)21-15-10-7-11-16-21/h6-19H,5H2,1-4H3. The van der Waals surface area contributed by atoms with Gasteiger partial charge in [-0.25, -0.2) is 4.98 Å². The van der Waals surface area contributed by atoms with Crippen molar-refractivity contribution in [2.75, 3.05) is 0 Å². The Kier molecular flexibility index (Phi) is 5.60. The number of aryl methyl sites for hydroxylation is 1. The molecule has 0 aliphatic heterocycles. The smallest absolute Gasteiger partial charge is 0.210 e. The lowest BCUT2D eigenvalue weighted by Crippen LogP contribution is -2.19. The molecular weight excluding hydrogens is 380 g/mol. The summed E-state index contributed by atoms with van der Waals surface area (Å²) < 4.78 is 2.05. The molecule has 4 rings (SSSR count). The molecule has 0 amide bonds. The lowest BCUT2D eigenvalue weighted by Gasteiger charge is -2.20. The van der Waals surface area contributed by atoms with Crippen LogP contribution in [0.2, 0.25) is 0 Å². The maximum Gasteiger partial charge on any atom is 0.210 e. The number of pyridine rings is 1. The van der Waals surface area contributed by atoms with Crippen molar-refractivity contribution in [2.45, 2.75) is 39.5 Å². The summed E-state index contributed by atoms with van der Waals surface area (Å²) in [5.41, 5.74) is 5.20. The maximum absolute atomic E-state index is 13.9. The Balaban J connectivity index is 2.08. The molecule has 0 aliphatic carbocycles. The van der Waals surface area contributed by atoms with Crippen molar-refractivity contribution in [1.29, 1.82) is 0 Å². The molecule has 0 bridgehead atoms. The van der Waals surface area contributed by atoms with Gasteiger partial charge in [0.05, 0.1) is 11.4 Å². The van der Waals surface area contributed by atoms with Crippen LogP contribution in [0, 0.1) is 0 Å². The van der Waals surface area contributed by atoms with Gasteiger partial charge in [-0.2, -0.15) is 0 Å². The molecule has 2 aromatic heterocycles. The molecule has 0 aliphatic rings. The van der Waals surface area contributed by atoms with Crippen molar-refractivity contribution in [2.24, 2.45) is 0 Å². The van der Waals surface area contributed by atoms with E-state index in [9.17, 15) is 4.79 Å². The Labute approximate surface area is 184 Å². The monoisotopic (exact) mass is 408 g/mol. The fourth-order valence-corrected chi connectivity index (χ4v) is 3.88. The Bertz CT molecular complexity index is 1200. The molecule has 2 aromatic carbocycles. The van der Waals surface area contributed by atoms with Gasteiger partial charge in [-0.15, -0.1) is 0 Å². The van der Waals surface area contributed by atoms with Crippen LogP contribution in [0.3, 0.4) is 0 Å². The van der Waals surface area contributed by atoms with Crippen molar-refractivity contribution in [3.05, 3.63) is 107 Å². The minimum Gasteiger partial charge on any atom is -0.290 e. The van der Waals surface area contributed by atoms with E-state index in [1.165, 1.54) is 0 Å². The Hall–Kier alpha value is -3.46. The van der Waals surface area contributed by atoms with E-state index in [0.29, 0.717) is 11.3 Å². The van der Waals surface area contributed by atoms with E-state index in [2.05, 4.69) is 45.9 Å².